The number of terminal acetylenes is 1. The summed E-state index contributed by atoms with van der Waals surface area (Å²) in [6.45, 7) is 2.50. The Morgan fingerprint density at radius 1 is 1.75 bits per heavy atom. The van der Waals surface area contributed by atoms with Crippen molar-refractivity contribution >= 4 is 21.7 Å². The molecule has 0 saturated heterocycles. The van der Waals surface area contributed by atoms with E-state index in [1.807, 2.05) is 13.0 Å². The number of hydrogen-bond donors (Lipinski definition) is 1. The van der Waals surface area contributed by atoms with Gasteiger partial charge < -0.3 is 5.32 Å². The first kappa shape index (κ1) is 9.08. The molecule has 1 heterocycles. The topological polar surface area (TPSA) is 24.9 Å². The number of nitrogens with zero attached hydrogens (tertiary/aromatic N) is 1. The van der Waals surface area contributed by atoms with Gasteiger partial charge in [0.05, 0.1) is 11.0 Å². The first-order chi connectivity index (χ1) is 5.75. The molecule has 2 nitrogen and oxygen atoms in total. The molecule has 62 valence electrons. The third kappa shape index (κ3) is 1.99. The van der Waals surface area contributed by atoms with Crippen molar-refractivity contribution in [2.45, 2.75) is 6.92 Å². The zero-order chi connectivity index (χ0) is 8.97. The second kappa shape index (κ2) is 4.13. The van der Waals surface area contributed by atoms with E-state index in [0.29, 0.717) is 6.54 Å². The number of aromatic nitrogens is 1. The van der Waals surface area contributed by atoms with Crippen molar-refractivity contribution in [3.8, 4) is 12.3 Å². The Balaban J connectivity index is 2.86. The normalized spacial score (nSPS) is 9.08. The van der Waals surface area contributed by atoms with E-state index < -0.39 is 0 Å². The number of hydrogen-bond acceptors (Lipinski definition) is 2. The third-order valence-electron chi connectivity index (χ3n) is 1.44. The summed E-state index contributed by atoms with van der Waals surface area (Å²) in [5.74, 6) is 3.29. The highest BCUT2D eigenvalue weighted by Crippen LogP contribution is 2.22. The molecule has 0 aliphatic heterocycles. The highest BCUT2D eigenvalue weighted by Gasteiger charge is 2.00. The van der Waals surface area contributed by atoms with Crippen LogP contribution in [0.1, 0.15) is 5.56 Å². The monoisotopic (exact) mass is 224 g/mol. The Kier molecular flexibility index (Phi) is 3.12. The number of aryl methyl sites for hydroxylation is 1. The van der Waals surface area contributed by atoms with Gasteiger partial charge in [-0.15, -0.1) is 6.42 Å². The molecule has 0 bridgehead atoms. The fraction of sp³-hybridized carbons (Fsp3) is 0.222. The van der Waals surface area contributed by atoms with Gasteiger partial charge in [-0.05, 0) is 34.5 Å². The lowest BCUT2D eigenvalue weighted by molar-refractivity contribution is 1.20. The average molecular weight is 225 g/mol. The highest BCUT2D eigenvalue weighted by atomic mass is 79.9. The summed E-state index contributed by atoms with van der Waals surface area (Å²) < 4.78 is 0.972. The van der Waals surface area contributed by atoms with Gasteiger partial charge in [-0.3, -0.25) is 0 Å². The maximum absolute atomic E-state index is 5.11. The number of halogens is 1. The third-order valence-corrected chi connectivity index (χ3v) is 2.44. The van der Waals surface area contributed by atoms with Gasteiger partial charge in [0.2, 0.25) is 0 Å². The zero-order valence-electron chi connectivity index (χ0n) is 6.76. The summed E-state index contributed by atoms with van der Waals surface area (Å²) in [4.78, 5) is 4.12. The summed E-state index contributed by atoms with van der Waals surface area (Å²) >= 11 is 3.42. The van der Waals surface area contributed by atoms with E-state index >= 15 is 0 Å². The van der Waals surface area contributed by atoms with Crippen LogP contribution in [0.2, 0.25) is 0 Å². The van der Waals surface area contributed by atoms with Crippen LogP contribution in [0.4, 0.5) is 5.82 Å². The molecule has 0 amide bonds. The lowest BCUT2D eigenvalue weighted by Crippen LogP contribution is -2.01. The molecule has 0 unspecified atom stereocenters. The van der Waals surface area contributed by atoms with Crippen molar-refractivity contribution in [1.29, 1.82) is 0 Å². The molecule has 0 aromatic carbocycles. The summed E-state index contributed by atoms with van der Waals surface area (Å²) in [6, 6.07) is 1.94. The zero-order valence-corrected chi connectivity index (χ0v) is 8.35. The van der Waals surface area contributed by atoms with Gasteiger partial charge in [0.1, 0.15) is 5.82 Å². The number of nitrogens with one attached hydrogen (secondary N) is 1. The van der Waals surface area contributed by atoms with Crippen LogP contribution < -0.4 is 5.32 Å². The van der Waals surface area contributed by atoms with Crippen molar-refractivity contribution in [2.24, 2.45) is 0 Å². The van der Waals surface area contributed by atoms with Crippen molar-refractivity contribution < 1.29 is 0 Å². The van der Waals surface area contributed by atoms with Crippen LogP contribution in [-0.4, -0.2) is 11.5 Å². The molecule has 1 rings (SSSR count). The van der Waals surface area contributed by atoms with E-state index in [1.54, 1.807) is 6.20 Å². The van der Waals surface area contributed by atoms with Crippen LogP contribution in [-0.2, 0) is 0 Å². The fourth-order valence-electron chi connectivity index (χ4n) is 0.798. The lowest BCUT2D eigenvalue weighted by atomic mass is 10.3. The Bertz CT molecular complexity index is 315. The Morgan fingerprint density at radius 3 is 3.17 bits per heavy atom. The minimum atomic E-state index is 0.495. The highest BCUT2D eigenvalue weighted by molar-refractivity contribution is 9.10. The number of anilines is 1. The molecule has 0 saturated carbocycles. The van der Waals surface area contributed by atoms with Crippen LogP contribution >= 0.6 is 15.9 Å². The predicted octanol–water partition coefficient (Wildman–Crippen LogP) is 2.20. The molecule has 0 atom stereocenters. The van der Waals surface area contributed by atoms with Crippen molar-refractivity contribution in [3.63, 3.8) is 0 Å². The van der Waals surface area contributed by atoms with Crippen LogP contribution in [0.3, 0.4) is 0 Å². The fourth-order valence-corrected chi connectivity index (χ4v) is 1.17. The average Bonchev–Trinajstić information content (AvgIpc) is 2.08. The second-order valence-electron chi connectivity index (χ2n) is 2.35. The molecule has 0 fully saturated rings. The minimum Gasteiger partial charge on any atom is -0.358 e. The van der Waals surface area contributed by atoms with Crippen molar-refractivity contribution in [3.05, 3.63) is 22.3 Å². The first-order valence-corrected chi connectivity index (χ1v) is 4.33. The largest absolute Gasteiger partial charge is 0.358 e. The molecule has 0 radical (unpaired) electrons. The van der Waals surface area contributed by atoms with Crippen LogP contribution in [0.15, 0.2) is 16.7 Å². The van der Waals surface area contributed by atoms with Crippen molar-refractivity contribution in [1.82, 2.24) is 4.98 Å². The SMILES string of the molecule is C#CCNc1nccc(C)c1Br. The van der Waals surface area contributed by atoms with Crippen LogP contribution in [0.25, 0.3) is 0 Å². The number of rotatable bonds is 2. The van der Waals surface area contributed by atoms with Gasteiger partial charge in [0.25, 0.3) is 0 Å². The van der Waals surface area contributed by atoms with E-state index in [1.165, 1.54) is 0 Å². The van der Waals surface area contributed by atoms with Gasteiger partial charge >= 0.3 is 0 Å². The molecular weight excluding hydrogens is 216 g/mol. The molecule has 0 aliphatic carbocycles. The standard InChI is InChI=1S/C9H9BrN2/c1-3-5-11-9-8(10)7(2)4-6-12-9/h1,4,6H,5H2,2H3,(H,11,12). The number of pyridine rings is 1. The molecule has 0 aliphatic rings. The molecule has 1 N–H and O–H groups in total. The quantitative estimate of drug-likeness (QED) is 0.780. The molecule has 12 heavy (non-hydrogen) atoms. The second-order valence-corrected chi connectivity index (χ2v) is 3.14. The molecule has 3 heteroatoms. The predicted molar refractivity (Wildman–Crippen MR) is 54.0 cm³/mol. The van der Waals surface area contributed by atoms with Crippen molar-refractivity contribution in [2.75, 3.05) is 11.9 Å². The molecule has 1 aromatic rings. The first-order valence-electron chi connectivity index (χ1n) is 3.54. The summed E-state index contributed by atoms with van der Waals surface area (Å²) in [5.41, 5.74) is 1.14. The maximum atomic E-state index is 5.11. The Hall–Kier alpha value is -1.01. The van der Waals surface area contributed by atoms with E-state index in [-0.39, 0.29) is 0 Å². The molecular formula is C9H9BrN2. The van der Waals surface area contributed by atoms with Gasteiger partial charge in [0.15, 0.2) is 0 Å². The molecule has 1 aromatic heterocycles. The van der Waals surface area contributed by atoms with Gasteiger partial charge in [-0.1, -0.05) is 5.92 Å². The van der Waals surface area contributed by atoms with E-state index in [0.717, 1.165) is 15.9 Å². The van der Waals surface area contributed by atoms with Crippen LogP contribution in [0.5, 0.6) is 0 Å². The molecule has 0 spiro atoms. The van der Waals surface area contributed by atoms with E-state index in [4.69, 9.17) is 6.42 Å². The van der Waals surface area contributed by atoms with Gasteiger partial charge in [-0.2, -0.15) is 0 Å². The smallest absolute Gasteiger partial charge is 0.141 e. The van der Waals surface area contributed by atoms with E-state index in [2.05, 4.69) is 32.2 Å². The maximum Gasteiger partial charge on any atom is 0.141 e. The van der Waals surface area contributed by atoms with Gasteiger partial charge in [-0.25, -0.2) is 4.98 Å². The Labute approximate surface area is 80.5 Å². The lowest BCUT2D eigenvalue weighted by Gasteiger charge is -2.05. The van der Waals surface area contributed by atoms with Crippen LogP contribution in [0, 0.1) is 19.3 Å². The summed E-state index contributed by atoms with van der Waals surface area (Å²) in [5, 5.41) is 3.01. The summed E-state index contributed by atoms with van der Waals surface area (Å²) in [7, 11) is 0. The minimum absolute atomic E-state index is 0.495. The van der Waals surface area contributed by atoms with Gasteiger partial charge in [0, 0.05) is 6.20 Å². The summed E-state index contributed by atoms with van der Waals surface area (Å²) in [6.07, 6.45) is 6.86. The Morgan fingerprint density at radius 2 is 2.50 bits per heavy atom. The van der Waals surface area contributed by atoms with E-state index in [9.17, 15) is 0 Å².